The maximum absolute atomic E-state index is 4.76. The largest absolute Gasteiger partial charge is 0.350 e. The Hall–Kier alpha value is -0.0900. The van der Waals surface area contributed by atoms with Gasteiger partial charge in [-0.3, -0.25) is 0 Å². The number of aromatic nitrogens is 1. The van der Waals surface area contributed by atoms with Crippen LogP contribution in [0.2, 0.25) is 0 Å². The molecule has 2 saturated carbocycles. The Bertz CT molecular complexity index is 448. The van der Waals surface area contributed by atoms with Crippen LogP contribution in [0.5, 0.6) is 0 Å². The van der Waals surface area contributed by atoms with Crippen molar-refractivity contribution in [3.63, 3.8) is 0 Å². The molecule has 0 saturated heterocycles. The van der Waals surface area contributed by atoms with E-state index in [0.29, 0.717) is 12.1 Å². The van der Waals surface area contributed by atoms with Crippen molar-refractivity contribution in [3.05, 3.63) is 21.2 Å². The molecule has 0 radical (unpaired) electrons. The van der Waals surface area contributed by atoms with Crippen molar-refractivity contribution in [2.75, 3.05) is 4.90 Å². The van der Waals surface area contributed by atoms with E-state index >= 15 is 0 Å². The van der Waals surface area contributed by atoms with Gasteiger partial charge in [-0.2, -0.15) is 0 Å². The van der Waals surface area contributed by atoms with E-state index in [1.54, 1.807) is 0 Å². The van der Waals surface area contributed by atoms with Crippen LogP contribution >= 0.6 is 31.9 Å². The lowest BCUT2D eigenvalue weighted by atomic mass is 9.88. The van der Waals surface area contributed by atoms with Gasteiger partial charge < -0.3 is 4.90 Å². The average molecular weight is 416 g/mol. The average Bonchev–Trinajstić information content (AvgIpc) is 2.52. The summed E-state index contributed by atoms with van der Waals surface area (Å²) in [4.78, 5) is 7.44. The molecular formula is C17H24Br2N2. The fourth-order valence-electron chi connectivity index (χ4n) is 3.96. The zero-order valence-corrected chi connectivity index (χ0v) is 15.7. The molecule has 1 heterocycles. The van der Waals surface area contributed by atoms with Gasteiger partial charge in [0.2, 0.25) is 0 Å². The molecule has 2 aliphatic rings. The van der Waals surface area contributed by atoms with E-state index in [9.17, 15) is 0 Å². The molecule has 0 spiro atoms. The van der Waals surface area contributed by atoms with Gasteiger partial charge >= 0.3 is 0 Å². The van der Waals surface area contributed by atoms with Gasteiger partial charge in [-0.25, -0.2) is 4.98 Å². The van der Waals surface area contributed by atoms with Crippen LogP contribution in [0.15, 0.2) is 21.2 Å². The van der Waals surface area contributed by atoms with E-state index in [2.05, 4.69) is 42.8 Å². The van der Waals surface area contributed by atoms with E-state index in [1.165, 1.54) is 64.2 Å². The topological polar surface area (TPSA) is 16.1 Å². The first-order valence-electron chi connectivity index (χ1n) is 8.35. The van der Waals surface area contributed by atoms with Crippen LogP contribution in [-0.2, 0) is 0 Å². The van der Waals surface area contributed by atoms with Crippen LogP contribution in [0, 0.1) is 0 Å². The Labute approximate surface area is 145 Å². The molecule has 0 aliphatic heterocycles. The SMILES string of the molecule is Brc1cnc(N(C2CCCCC2)C2CCCCC2)c(Br)c1. The van der Waals surface area contributed by atoms with Crippen molar-refractivity contribution in [2.45, 2.75) is 76.3 Å². The molecule has 0 N–H and O–H groups in total. The molecule has 2 nitrogen and oxygen atoms in total. The van der Waals surface area contributed by atoms with Crippen molar-refractivity contribution in [3.8, 4) is 0 Å². The van der Waals surface area contributed by atoms with Crippen molar-refractivity contribution in [1.29, 1.82) is 0 Å². The quantitative estimate of drug-likeness (QED) is 0.594. The number of pyridine rings is 1. The number of nitrogens with zero attached hydrogens (tertiary/aromatic N) is 2. The lowest BCUT2D eigenvalue weighted by Crippen LogP contribution is -2.46. The summed E-state index contributed by atoms with van der Waals surface area (Å²) in [7, 11) is 0. The van der Waals surface area contributed by atoms with Gasteiger partial charge in [0.1, 0.15) is 5.82 Å². The van der Waals surface area contributed by atoms with Crippen molar-refractivity contribution < 1.29 is 0 Å². The van der Waals surface area contributed by atoms with E-state index in [-0.39, 0.29) is 0 Å². The Morgan fingerprint density at radius 3 is 1.86 bits per heavy atom. The summed E-state index contributed by atoms with van der Waals surface area (Å²) in [6.45, 7) is 0. The van der Waals surface area contributed by atoms with Crippen LogP contribution in [0.1, 0.15) is 64.2 Å². The van der Waals surface area contributed by atoms with E-state index in [1.807, 2.05) is 6.20 Å². The summed E-state index contributed by atoms with van der Waals surface area (Å²) < 4.78 is 2.18. The molecule has 0 atom stereocenters. The highest BCUT2D eigenvalue weighted by atomic mass is 79.9. The third-order valence-corrected chi connectivity index (χ3v) is 5.99. The molecule has 116 valence electrons. The van der Waals surface area contributed by atoms with Crippen LogP contribution < -0.4 is 4.90 Å². The van der Waals surface area contributed by atoms with Gasteiger partial charge in [0.05, 0.1) is 4.47 Å². The van der Waals surface area contributed by atoms with Crippen molar-refractivity contribution in [1.82, 2.24) is 4.98 Å². The highest BCUT2D eigenvalue weighted by Gasteiger charge is 2.30. The first-order valence-corrected chi connectivity index (χ1v) is 9.93. The second-order valence-corrected chi connectivity index (χ2v) is 8.22. The predicted octanol–water partition coefficient (Wildman–Crippen LogP) is 6.08. The van der Waals surface area contributed by atoms with E-state index < -0.39 is 0 Å². The molecule has 1 aromatic heterocycles. The maximum atomic E-state index is 4.76. The Morgan fingerprint density at radius 1 is 0.857 bits per heavy atom. The van der Waals surface area contributed by atoms with Crippen LogP contribution in [0.25, 0.3) is 0 Å². The van der Waals surface area contributed by atoms with Gasteiger partial charge in [0.15, 0.2) is 0 Å². The predicted molar refractivity (Wildman–Crippen MR) is 95.9 cm³/mol. The fraction of sp³-hybridized carbons (Fsp3) is 0.706. The van der Waals surface area contributed by atoms with Gasteiger partial charge in [0.25, 0.3) is 0 Å². The molecule has 0 aromatic carbocycles. The highest BCUT2D eigenvalue weighted by Crippen LogP contribution is 2.37. The third-order valence-electron chi connectivity index (χ3n) is 4.97. The summed E-state index contributed by atoms with van der Waals surface area (Å²) in [6, 6.07) is 3.51. The van der Waals surface area contributed by atoms with Gasteiger partial charge in [-0.1, -0.05) is 38.5 Å². The minimum Gasteiger partial charge on any atom is -0.350 e. The Balaban J connectivity index is 1.89. The Kier molecular flexibility index (Phi) is 5.60. The summed E-state index contributed by atoms with van der Waals surface area (Å²) in [5, 5.41) is 0. The number of hydrogen-bond donors (Lipinski definition) is 0. The number of halogens is 2. The van der Waals surface area contributed by atoms with E-state index in [4.69, 9.17) is 4.98 Å². The van der Waals surface area contributed by atoms with Crippen LogP contribution in [0.4, 0.5) is 5.82 Å². The first kappa shape index (κ1) is 15.8. The molecule has 1 aromatic rings. The standard InChI is InChI=1S/C17H24Br2N2/c18-13-11-16(19)17(20-12-13)21(14-7-3-1-4-8-14)15-9-5-2-6-10-15/h11-12,14-15H,1-10H2. The summed E-state index contributed by atoms with van der Waals surface area (Å²) in [5.74, 6) is 1.16. The number of rotatable bonds is 3. The molecule has 0 unspecified atom stereocenters. The fourth-order valence-corrected chi connectivity index (χ4v) is 5.15. The van der Waals surface area contributed by atoms with Crippen LogP contribution in [-0.4, -0.2) is 17.1 Å². The van der Waals surface area contributed by atoms with Gasteiger partial charge in [-0.05, 0) is 63.6 Å². The second kappa shape index (κ2) is 7.45. The minimum absolute atomic E-state index is 0.687. The number of anilines is 1. The van der Waals surface area contributed by atoms with Crippen molar-refractivity contribution >= 4 is 37.7 Å². The smallest absolute Gasteiger partial charge is 0.143 e. The van der Waals surface area contributed by atoms with Gasteiger partial charge in [0, 0.05) is 22.8 Å². The molecule has 2 fully saturated rings. The second-order valence-electron chi connectivity index (χ2n) is 6.45. The maximum Gasteiger partial charge on any atom is 0.143 e. The molecule has 0 bridgehead atoms. The molecular weight excluding hydrogens is 392 g/mol. The molecule has 21 heavy (non-hydrogen) atoms. The van der Waals surface area contributed by atoms with Crippen LogP contribution in [0.3, 0.4) is 0 Å². The van der Waals surface area contributed by atoms with Crippen molar-refractivity contribution in [2.24, 2.45) is 0 Å². The number of hydrogen-bond acceptors (Lipinski definition) is 2. The monoisotopic (exact) mass is 414 g/mol. The molecule has 0 amide bonds. The first-order chi connectivity index (χ1) is 10.3. The highest BCUT2D eigenvalue weighted by molar-refractivity contribution is 9.11. The van der Waals surface area contributed by atoms with E-state index in [0.717, 1.165) is 14.8 Å². The zero-order chi connectivity index (χ0) is 14.7. The lowest BCUT2D eigenvalue weighted by molar-refractivity contribution is 0.337. The zero-order valence-electron chi connectivity index (χ0n) is 12.5. The molecule has 3 rings (SSSR count). The minimum atomic E-state index is 0.687. The molecule has 4 heteroatoms. The van der Waals surface area contributed by atoms with Gasteiger partial charge in [-0.15, -0.1) is 0 Å². The normalized spacial score (nSPS) is 21.4. The summed E-state index contributed by atoms with van der Waals surface area (Å²) in [5.41, 5.74) is 0. The molecule has 2 aliphatic carbocycles. The third kappa shape index (κ3) is 3.82. The lowest BCUT2D eigenvalue weighted by Gasteiger charge is -2.43. The summed E-state index contributed by atoms with van der Waals surface area (Å²) in [6.07, 6.45) is 15.6. The summed E-state index contributed by atoms with van der Waals surface area (Å²) >= 11 is 7.27. The Morgan fingerprint density at radius 2 is 1.38 bits per heavy atom.